The van der Waals surface area contributed by atoms with E-state index in [0.29, 0.717) is 13.0 Å². The topological polar surface area (TPSA) is 50.8 Å². The maximum Gasteiger partial charge on any atom is 0.231 e. The number of benzene rings is 2. The molecule has 0 saturated carbocycles. The highest BCUT2D eigenvalue weighted by Crippen LogP contribution is 2.36. The molecule has 0 aromatic heterocycles. The summed E-state index contributed by atoms with van der Waals surface area (Å²) in [6, 6.07) is 14.7. The monoisotopic (exact) mass is 380 g/mol. The van der Waals surface area contributed by atoms with Gasteiger partial charge in [0.05, 0.1) is 6.04 Å². The maximum absolute atomic E-state index is 12.4. The van der Waals surface area contributed by atoms with Gasteiger partial charge in [-0.15, -0.1) is 0 Å². The first kappa shape index (κ1) is 18.8. The lowest BCUT2D eigenvalue weighted by atomic mass is 10.0. The molecule has 5 heteroatoms. The van der Waals surface area contributed by atoms with Gasteiger partial charge in [0.1, 0.15) is 0 Å². The Hall–Kier alpha value is -2.53. The maximum atomic E-state index is 12.4. The predicted molar refractivity (Wildman–Crippen MR) is 109 cm³/mol. The van der Waals surface area contributed by atoms with Crippen LogP contribution in [0.1, 0.15) is 42.0 Å². The van der Waals surface area contributed by atoms with E-state index in [1.807, 2.05) is 6.07 Å². The van der Waals surface area contributed by atoms with Gasteiger partial charge in [-0.05, 0) is 62.5 Å². The number of nitrogens with one attached hydrogen (secondary N) is 1. The van der Waals surface area contributed by atoms with E-state index < -0.39 is 0 Å². The highest BCUT2D eigenvalue weighted by atomic mass is 16.7. The molecule has 2 aromatic rings. The first-order chi connectivity index (χ1) is 13.7. The molecule has 2 heterocycles. The highest BCUT2D eigenvalue weighted by Gasteiger charge is 2.26. The van der Waals surface area contributed by atoms with E-state index in [1.54, 1.807) is 0 Å². The molecule has 1 unspecified atom stereocenters. The van der Waals surface area contributed by atoms with Crippen LogP contribution in [0.15, 0.2) is 42.5 Å². The van der Waals surface area contributed by atoms with Crippen molar-refractivity contribution < 1.29 is 14.3 Å². The number of carbonyl (C=O) groups is 1. The summed E-state index contributed by atoms with van der Waals surface area (Å²) in [5.74, 6) is 1.70. The molecule has 0 aliphatic carbocycles. The molecule has 1 amide bonds. The van der Waals surface area contributed by atoms with Crippen LogP contribution in [-0.4, -0.2) is 37.2 Å². The van der Waals surface area contributed by atoms with E-state index in [-0.39, 0.29) is 18.7 Å². The van der Waals surface area contributed by atoms with Gasteiger partial charge in [0.25, 0.3) is 0 Å². The zero-order chi connectivity index (χ0) is 19.3. The van der Waals surface area contributed by atoms with Crippen molar-refractivity contribution in [2.45, 2.75) is 38.6 Å². The third-order valence-corrected chi connectivity index (χ3v) is 5.62. The fourth-order valence-corrected chi connectivity index (χ4v) is 3.94. The number of carbonyl (C=O) groups excluding carboxylic acids is 1. The molecule has 1 N–H and O–H groups in total. The lowest BCUT2D eigenvalue weighted by Gasteiger charge is -2.28. The van der Waals surface area contributed by atoms with Crippen molar-refractivity contribution in [3.8, 4) is 11.5 Å². The van der Waals surface area contributed by atoms with Crippen molar-refractivity contribution in [1.82, 2.24) is 10.2 Å². The van der Waals surface area contributed by atoms with E-state index in [4.69, 9.17) is 9.47 Å². The minimum atomic E-state index is 0.102. The predicted octanol–water partition coefficient (Wildman–Crippen LogP) is 3.61. The largest absolute Gasteiger partial charge is 0.454 e. The van der Waals surface area contributed by atoms with Crippen molar-refractivity contribution >= 4 is 5.91 Å². The van der Waals surface area contributed by atoms with Gasteiger partial charge in [-0.3, -0.25) is 9.69 Å². The summed E-state index contributed by atoms with van der Waals surface area (Å²) >= 11 is 0. The first-order valence-electron chi connectivity index (χ1n) is 10.1. The molecule has 0 spiro atoms. The number of ether oxygens (including phenoxy) is 2. The summed E-state index contributed by atoms with van der Waals surface area (Å²) in [4.78, 5) is 14.9. The Morgan fingerprint density at radius 1 is 1.07 bits per heavy atom. The lowest BCUT2D eigenvalue weighted by molar-refractivity contribution is -0.121. The molecule has 0 radical (unpaired) electrons. The lowest BCUT2D eigenvalue weighted by Crippen LogP contribution is -2.36. The number of fused-ring (bicyclic) bond motifs is 1. The molecule has 28 heavy (non-hydrogen) atoms. The highest BCUT2D eigenvalue weighted by molar-refractivity contribution is 5.76. The number of nitrogens with zero attached hydrogens (tertiary/aromatic N) is 1. The molecule has 1 atom stereocenters. The van der Waals surface area contributed by atoms with Crippen molar-refractivity contribution in [3.05, 3.63) is 59.2 Å². The fourth-order valence-electron chi connectivity index (χ4n) is 3.94. The van der Waals surface area contributed by atoms with Gasteiger partial charge in [-0.2, -0.15) is 0 Å². The SMILES string of the molecule is Cc1ccc(CCC(=O)NCC(c2ccc3c(c2)OCO3)N2CCCC2)cc1. The molecule has 4 rings (SSSR count). The zero-order valence-corrected chi connectivity index (χ0v) is 16.4. The average molecular weight is 380 g/mol. The molecular weight excluding hydrogens is 352 g/mol. The molecule has 148 valence electrons. The van der Waals surface area contributed by atoms with Crippen molar-refractivity contribution in [1.29, 1.82) is 0 Å². The third kappa shape index (κ3) is 4.47. The molecule has 2 aromatic carbocycles. The van der Waals surface area contributed by atoms with E-state index >= 15 is 0 Å². The van der Waals surface area contributed by atoms with Crippen LogP contribution in [0.2, 0.25) is 0 Å². The van der Waals surface area contributed by atoms with E-state index in [9.17, 15) is 4.79 Å². The van der Waals surface area contributed by atoms with Crippen molar-refractivity contribution in [2.24, 2.45) is 0 Å². The van der Waals surface area contributed by atoms with E-state index in [2.05, 4.69) is 53.5 Å². The zero-order valence-electron chi connectivity index (χ0n) is 16.4. The van der Waals surface area contributed by atoms with Crippen LogP contribution >= 0.6 is 0 Å². The molecular formula is C23H28N2O3. The Morgan fingerprint density at radius 2 is 1.82 bits per heavy atom. The fraction of sp³-hybridized carbons (Fsp3) is 0.435. The summed E-state index contributed by atoms with van der Waals surface area (Å²) in [7, 11) is 0. The van der Waals surface area contributed by atoms with Crippen LogP contribution in [0.5, 0.6) is 11.5 Å². The third-order valence-electron chi connectivity index (χ3n) is 5.62. The molecule has 0 bridgehead atoms. The summed E-state index contributed by atoms with van der Waals surface area (Å²) in [5.41, 5.74) is 3.61. The smallest absolute Gasteiger partial charge is 0.231 e. The van der Waals surface area contributed by atoms with Gasteiger partial charge in [0.15, 0.2) is 11.5 Å². The van der Waals surface area contributed by atoms with Crippen LogP contribution in [0.25, 0.3) is 0 Å². The molecule has 1 fully saturated rings. The molecule has 5 nitrogen and oxygen atoms in total. The summed E-state index contributed by atoms with van der Waals surface area (Å²) in [6.07, 6.45) is 3.70. The minimum Gasteiger partial charge on any atom is -0.454 e. The van der Waals surface area contributed by atoms with Crippen LogP contribution in [0.4, 0.5) is 0 Å². The average Bonchev–Trinajstić information content (AvgIpc) is 3.39. The standard InChI is InChI=1S/C23H28N2O3/c1-17-4-6-18(7-5-17)8-11-23(26)24-15-20(25-12-2-3-13-25)19-9-10-21-22(14-19)28-16-27-21/h4-7,9-10,14,20H,2-3,8,11-13,15-16H2,1H3,(H,24,26). The number of rotatable bonds is 7. The van der Waals surface area contributed by atoms with Gasteiger partial charge < -0.3 is 14.8 Å². The Morgan fingerprint density at radius 3 is 2.61 bits per heavy atom. The summed E-state index contributed by atoms with van der Waals surface area (Å²) < 4.78 is 11.0. The van der Waals surface area contributed by atoms with Gasteiger partial charge in [0.2, 0.25) is 12.7 Å². The minimum absolute atomic E-state index is 0.102. The second-order valence-corrected chi connectivity index (χ2v) is 7.66. The van der Waals surface area contributed by atoms with E-state index in [1.165, 1.54) is 29.5 Å². The molecule has 2 aliphatic heterocycles. The second kappa shape index (κ2) is 8.65. The van der Waals surface area contributed by atoms with Gasteiger partial charge >= 0.3 is 0 Å². The Bertz CT molecular complexity index is 813. The van der Waals surface area contributed by atoms with E-state index in [0.717, 1.165) is 31.0 Å². The first-order valence-corrected chi connectivity index (χ1v) is 10.1. The Balaban J connectivity index is 1.37. The molecule has 1 saturated heterocycles. The summed E-state index contributed by atoms with van der Waals surface area (Å²) in [6.45, 7) is 5.11. The van der Waals surface area contributed by atoms with Crippen LogP contribution < -0.4 is 14.8 Å². The van der Waals surface area contributed by atoms with Crippen LogP contribution in [0.3, 0.4) is 0 Å². The Labute approximate surface area is 166 Å². The number of aryl methyl sites for hydroxylation is 2. The number of hydrogen-bond acceptors (Lipinski definition) is 4. The quantitative estimate of drug-likeness (QED) is 0.797. The second-order valence-electron chi connectivity index (χ2n) is 7.66. The molecule has 2 aliphatic rings. The number of likely N-dealkylation sites (tertiary alicyclic amines) is 1. The Kier molecular flexibility index (Phi) is 5.81. The summed E-state index contributed by atoms with van der Waals surface area (Å²) in [5, 5.41) is 3.15. The van der Waals surface area contributed by atoms with Crippen LogP contribution in [0, 0.1) is 6.92 Å². The normalized spacial score (nSPS) is 16.9. The van der Waals surface area contributed by atoms with Gasteiger partial charge in [-0.25, -0.2) is 0 Å². The van der Waals surface area contributed by atoms with Crippen molar-refractivity contribution in [2.75, 3.05) is 26.4 Å². The van der Waals surface area contributed by atoms with Crippen LogP contribution in [-0.2, 0) is 11.2 Å². The number of hydrogen-bond donors (Lipinski definition) is 1. The van der Waals surface area contributed by atoms with Crippen molar-refractivity contribution in [3.63, 3.8) is 0 Å². The van der Waals surface area contributed by atoms with Gasteiger partial charge in [0, 0.05) is 13.0 Å². The van der Waals surface area contributed by atoms with Gasteiger partial charge in [-0.1, -0.05) is 35.9 Å². The number of amides is 1.